The number of aromatic carboxylic acids is 1. The molecule has 0 unspecified atom stereocenters. The van der Waals surface area contributed by atoms with E-state index in [1.807, 2.05) is 0 Å². The van der Waals surface area contributed by atoms with Crippen molar-refractivity contribution in [3.63, 3.8) is 0 Å². The normalized spacial score (nSPS) is 9.40. The molecule has 0 atom stereocenters. The van der Waals surface area contributed by atoms with Crippen LogP contribution < -0.4 is 5.73 Å². The number of carboxylic acid groups (broad SMARTS) is 1. The quantitative estimate of drug-likeness (QED) is 0.772. The van der Waals surface area contributed by atoms with Crippen LogP contribution in [0.1, 0.15) is 15.9 Å². The fourth-order valence-corrected chi connectivity index (χ4v) is 1.23. The van der Waals surface area contributed by atoms with Crippen LogP contribution in [0, 0.1) is 0 Å². The number of hydrogen-bond donors (Lipinski definition) is 2. The molecule has 0 aromatic heterocycles. The molecule has 0 heterocycles. The van der Waals surface area contributed by atoms with Crippen LogP contribution >= 0.6 is 12.4 Å². The van der Waals surface area contributed by atoms with E-state index in [0.717, 1.165) is 5.56 Å². The molecule has 0 spiro atoms. The SMILES string of the molecule is COCCc1cccc(C(=O)O)c1N.Cl. The molecule has 0 aliphatic heterocycles. The Morgan fingerprint density at radius 2 is 2.20 bits per heavy atom. The Morgan fingerprint density at radius 1 is 1.53 bits per heavy atom. The summed E-state index contributed by atoms with van der Waals surface area (Å²) in [5.74, 6) is -0.998. The summed E-state index contributed by atoms with van der Waals surface area (Å²) in [5, 5.41) is 8.80. The summed E-state index contributed by atoms with van der Waals surface area (Å²) >= 11 is 0. The highest BCUT2D eigenvalue weighted by molar-refractivity contribution is 5.94. The first-order valence-corrected chi connectivity index (χ1v) is 4.26. The summed E-state index contributed by atoms with van der Waals surface area (Å²) in [5.41, 5.74) is 6.98. The van der Waals surface area contributed by atoms with Crippen molar-refractivity contribution < 1.29 is 14.6 Å². The van der Waals surface area contributed by atoms with Gasteiger partial charge in [0.15, 0.2) is 0 Å². The number of ether oxygens (including phenoxy) is 1. The van der Waals surface area contributed by atoms with Crippen LogP contribution in [0.5, 0.6) is 0 Å². The average Bonchev–Trinajstić information content (AvgIpc) is 2.16. The Bertz CT molecular complexity index is 341. The first kappa shape index (κ1) is 13.7. The van der Waals surface area contributed by atoms with E-state index in [0.29, 0.717) is 18.7 Å². The molecule has 0 aliphatic carbocycles. The number of methoxy groups -OCH3 is 1. The molecule has 0 amide bonds. The maximum atomic E-state index is 10.7. The minimum atomic E-state index is -0.998. The van der Waals surface area contributed by atoms with E-state index >= 15 is 0 Å². The number of nitrogens with two attached hydrogens (primary N) is 1. The molecule has 0 saturated heterocycles. The molecule has 1 aromatic rings. The van der Waals surface area contributed by atoms with Crippen molar-refractivity contribution in [1.29, 1.82) is 0 Å². The molecule has 1 aromatic carbocycles. The Hall–Kier alpha value is -1.26. The molecule has 84 valence electrons. The van der Waals surface area contributed by atoms with Crippen LogP contribution in [0.4, 0.5) is 5.69 Å². The monoisotopic (exact) mass is 231 g/mol. The molecule has 5 heteroatoms. The van der Waals surface area contributed by atoms with Gasteiger partial charge in [-0.25, -0.2) is 4.79 Å². The summed E-state index contributed by atoms with van der Waals surface area (Å²) in [6, 6.07) is 4.99. The molecule has 1 rings (SSSR count). The Kier molecular flexibility index (Phi) is 5.74. The Labute approximate surface area is 94.5 Å². The average molecular weight is 232 g/mol. The second-order valence-corrected chi connectivity index (χ2v) is 2.93. The standard InChI is InChI=1S/C10H13NO3.ClH/c1-14-6-5-7-3-2-4-8(9(7)11)10(12)13;/h2-4H,5-6,11H2,1H3,(H,12,13);1H. The van der Waals surface area contributed by atoms with E-state index in [2.05, 4.69) is 0 Å². The lowest BCUT2D eigenvalue weighted by atomic mass is 10.1. The highest BCUT2D eigenvalue weighted by atomic mass is 35.5. The third kappa shape index (κ3) is 3.42. The Morgan fingerprint density at radius 3 is 2.73 bits per heavy atom. The van der Waals surface area contributed by atoms with Crippen molar-refractivity contribution in [3.05, 3.63) is 29.3 Å². The van der Waals surface area contributed by atoms with Gasteiger partial charge < -0.3 is 15.6 Å². The van der Waals surface area contributed by atoms with Crippen LogP contribution in [-0.4, -0.2) is 24.8 Å². The van der Waals surface area contributed by atoms with E-state index in [4.69, 9.17) is 15.6 Å². The predicted molar refractivity (Wildman–Crippen MR) is 60.6 cm³/mol. The van der Waals surface area contributed by atoms with Crippen LogP contribution in [0.3, 0.4) is 0 Å². The van der Waals surface area contributed by atoms with Crippen LogP contribution in [0.15, 0.2) is 18.2 Å². The predicted octanol–water partition coefficient (Wildman–Crippen LogP) is 1.58. The highest BCUT2D eigenvalue weighted by Crippen LogP contribution is 2.17. The first-order chi connectivity index (χ1) is 6.66. The first-order valence-electron chi connectivity index (χ1n) is 4.26. The Balaban J connectivity index is 0.00000196. The zero-order chi connectivity index (χ0) is 10.6. The zero-order valence-corrected chi connectivity index (χ0v) is 9.21. The number of halogens is 1. The van der Waals surface area contributed by atoms with Gasteiger partial charge in [-0.2, -0.15) is 0 Å². The molecule has 0 aliphatic rings. The number of carboxylic acids is 1. The van der Waals surface area contributed by atoms with E-state index in [1.165, 1.54) is 6.07 Å². The van der Waals surface area contributed by atoms with Gasteiger partial charge in [0.2, 0.25) is 0 Å². The third-order valence-electron chi connectivity index (χ3n) is 2.00. The highest BCUT2D eigenvalue weighted by Gasteiger charge is 2.10. The smallest absolute Gasteiger partial charge is 0.337 e. The summed E-state index contributed by atoms with van der Waals surface area (Å²) in [6.07, 6.45) is 0.628. The second-order valence-electron chi connectivity index (χ2n) is 2.93. The fourth-order valence-electron chi connectivity index (χ4n) is 1.23. The number of carbonyl (C=O) groups is 1. The second kappa shape index (κ2) is 6.27. The maximum absolute atomic E-state index is 10.7. The van der Waals surface area contributed by atoms with Gasteiger partial charge in [-0.3, -0.25) is 0 Å². The molecular formula is C10H14ClNO3. The summed E-state index contributed by atoms with van der Waals surface area (Å²) in [4.78, 5) is 10.7. The van der Waals surface area contributed by atoms with Crippen molar-refractivity contribution in [2.24, 2.45) is 0 Å². The number of rotatable bonds is 4. The lowest BCUT2D eigenvalue weighted by Crippen LogP contribution is -2.06. The fraction of sp³-hybridized carbons (Fsp3) is 0.300. The number of benzene rings is 1. The van der Waals surface area contributed by atoms with Crippen LogP contribution in [0.2, 0.25) is 0 Å². The van der Waals surface area contributed by atoms with Gasteiger partial charge in [0.1, 0.15) is 0 Å². The molecule has 3 N–H and O–H groups in total. The largest absolute Gasteiger partial charge is 0.478 e. The van der Waals surface area contributed by atoms with Gasteiger partial charge in [0.25, 0.3) is 0 Å². The third-order valence-corrected chi connectivity index (χ3v) is 2.00. The summed E-state index contributed by atoms with van der Waals surface area (Å²) in [7, 11) is 1.59. The van der Waals surface area contributed by atoms with Gasteiger partial charge in [-0.05, 0) is 18.1 Å². The summed E-state index contributed by atoms with van der Waals surface area (Å²) < 4.78 is 4.90. The molecule has 0 saturated carbocycles. The number of nitrogen functional groups attached to an aromatic ring is 1. The molecular weight excluding hydrogens is 218 g/mol. The maximum Gasteiger partial charge on any atom is 0.337 e. The number of hydrogen-bond acceptors (Lipinski definition) is 3. The molecule has 4 nitrogen and oxygen atoms in total. The molecule has 0 bridgehead atoms. The van der Waals surface area contributed by atoms with Crippen molar-refractivity contribution in [1.82, 2.24) is 0 Å². The van der Waals surface area contributed by atoms with Gasteiger partial charge in [-0.1, -0.05) is 12.1 Å². The molecule has 0 fully saturated rings. The van der Waals surface area contributed by atoms with Crippen LogP contribution in [0.25, 0.3) is 0 Å². The molecule has 15 heavy (non-hydrogen) atoms. The lowest BCUT2D eigenvalue weighted by Gasteiger charge is -2.07. The van der Waals surface area contributed by atoms with Crippen molar-refractivity contribution in [3.8, 4) is 0 Å². The van der Waals surface area contributed by atoms with Crippen molar-refractivity contribution >= 4 is 24.1 Å². The lowest BCUT2D eigenvalue weighted by molar-refractivity contribution is 0.0698. The van der Waals surface area contributed by atoms with Gasteiger partial charge >= 0.3 is 5.97 Å². The summed E-state index contributed by atoms with van der Waals surface area (Å²) in [6.45, 7) is 0.535. The number of para-hydroxylation sites is 1. The zero-order valence-electron chi connectivity index (χ0n) is 8.40. The number of anilines is 1. The van der Waals surface area contributed by atoms with Gasteiger partial charge in [-0.15, -0.1) is 12.4 Å². The molecule has 0 radical (unpaired) electrons. The van der Waals surface area contributed by atoms with E-state index in [1.54, 1.807) is 19.2 Å². The van der Waals surface area contributed by atoms with E-state index in [-0.39, 0.29) is 18.0 Å². The minimum absolute atomic E-state index is 0. The van der Waals surface area contributed by atoms with Crippen molar-refractivity contribution in [2.75, 3.05) is 19.5 Å². The van der Waals surface area contributed by atoms with Gasteiger partial charge in [0, 0.05) is 12.8 Å². The van der Waals surface area contributed by atoms with Gasteiger partial charge in [0.05, 0.1) is 12.2 Å². The van der Waals surface area contributed by atoms with Crippen LogP contribution in [-0.2, 0) is 11.2 Å². The van der Waals surface area contributed by atoms with E-state index in [9.17, 15) is 4.79 Å². The van der Waals surface area contributed by atoms with E-state index < -0.39 is 5.97 Å². The minimum Gasteiger partial charge on any atom is -0.478 e. The van der Waals surface area contributed by atoms with Crippen molar-refractivity contribution in [2.45, 2.75) is 6.42 Å². The topological polar surface area (TPSA) is 72.5 Å².